The molecule has 2 aromatic carbocycles. The number of nitro benzene ring substituents is 1. The topological polar surface area (TPSA) is 110 Å². The number of nitrogens with one attached hydrogen (secondary N) is 1. The van der Waals surface area contributed by atoms with Gasteiger partial charge in [-0.15, -0.1) is 0 Å². The Hall–Kier alpha value is -3.15. The maximum Gasteiger partial charge on any atom is 0.416 e. The Morgan fingerprint density at radius 3 is 2.37 bits per heavy atom. The maximum absolute atomic E-state index is 12.9. The summed E-state index contributed by atoms with van der Waals surface area (Å²) in [6.45, 7) is 2.73. The van der Waals surface area contributed by atoms with E-state index in [2.05, 4.69) is 5.32 Å². The van der Waals surface area contributed by atoms with Crippen molar-refractivity contribution in [3.8, 4) is 0 Å². The van der Waals surface area contributed by atoms with Gasteiger partial charge in [0, 0.05) is 17.8 Å². The molecule has 30 heavy (non-hydrogen) atoms. The van der Waals surface area contributed by atoms with Crippen molar-refractivity contribution in [1.82, 2.24) is 0 Å². The minimum atomic E-state index is -4.62. The van der Waals surface area contributed by atoms with Gasteiger partial charge in [0.05, 0.1) is 22.4 Å². The van der Waals surface area contributed by atoms with Gasteiger partial charge in [-0.1, -0.05) is 12.1 Å². The zero-order chi connectivity index (χ0) is 22.9. The molecule has 1 N–H and O–H groups in total. The highest BCUT2D eigenvalue weighted by Crippen LogP contribution is 2.32. The van der Waals surface area contributed by atoms with Gasteiger partial charge in [-0.2, -0.15) is 13.2 Å². The summed E-state index contributed by atoms with van der Waals surface area (Å²) >= 11 is 0. The second-order valence-corrected chi connectivity index (χ2v) is 8.39. The van der Waals surface area contributed by atoms with Crippen molar-refractivity contribution in [2.24, 2.45) is 0 Å². The van der Waals surface area contributed by atoms with E-state index in [1.54, 1.807) is 0 Å². The number of hydrogen-bond acceptors (Lipinski definition) is 5. The van der Waals surface area contributed by atoms with E-state index in [-0.39, 0.29) is 17.1 Å². The third kappa shape index (κ3) is 5.26. The molecular formula is C18H18F3N3O5S. The van der Waals surface area contributed by atoms with Crippen molar-refractivity contribution in [3.63, 3.8) is 0 Å². The van der Waals surface area contributed by atoms with Crippen LogP contribution in [0.2, 0.25) is 0 Å². The zero-order valence-electron chi connectivity index (χ0n) is 16.1. The van der Waals surface area contributed by atoms with Crippen molar-refractivity contribution in [1.29, 1.82) is 0 Å². The molecule has 0 heterocycles. The molecule has 0 aliphatic carbocycles. The number of amides is 1. The number of non-ortho nitro benzene ring substituents is 1. The molecule has 8 nitrogen and oxygen atoms in total. The lowest BCUT2D eigenvalue weighted by atomic mass is 10.1. The molecule has 1 amide bonds. The van der Waals surface area contributed by atoms with E-state index < -0.39 is 38.6 Å². The van der Waals surface area contributed by atoms with E-state index in [0.717, 1.165) is 24.5 Å². The maximum atomic E-state index is 12.9. The first-order valence-electron chi connectivity index (χ1n) is 8.44. The molecule has 12 heteroatoms. The Morgan fingerprint density at radius 2 is 1.83 bits per heavy atom. The molecule has 0 unspecified atom stereocenters. The van der Waals surface area contributed by atoms with E-state index in [9.17, 15) is 36.5 Å². The predicted molar refractivity (Wildman–Crippen MR) is 105 cm³/mol. The first-order chi connectivity index (χ1) is 13.7. The van der Waals surface area contributed by atoms with Crippen LogP contribution < -0.4 is 9.62 Å². The van der Waals surface area contributed by atoms with Gasteiger partial charge in [0.1, 0.15) is 6.04 Å². The number of hydrogen-bond donors (Lipinski definition) is 1. The number of carbonyl (C=O) groups excluding carboxylic acids is 1. The fourth-order valence-corrected chi connectivity index (χ4v) is 3.97. The number of alkyl halides is 3. The first kappa shape index (κ1) is 23.1. The van der Waals surface area contributed by atoms with Gasteiger partial charge >= 0.3 is 6.18 Å². The third-order valence-electron chi connectivity index (χ3n) is 4.19. The molecular weight excluding hydrogens is 427 g/mol. The average molecular weight is 445 g/mol. The minimum absolute atomic E-state index is 0.0848. The number of anilines is 2. The molecule has 0 saturated carbocycles. The summed E-state index contributed by atoms with van der Waals surface area (Å²) in [5.41, 5.74) is -1.27. The number of benzene rings is 2. The number of aryl methyl sites for hydroxylation is 1. The van der Waals surface area contributed by atoms with Gasteiger partial charge in [-0.05, 0) is 37.6 Å². The van der Waals surface area contributed by atoms with Gasteiger partial charge in [0.25, 0.3) is 5.69 Å². The van der Waals surface area contributed by atoms with E-state index in [1.807, 2.05) is 0 Å². The molecule has 0 aliphatic rings. The van der Waals surface area contributed by atoms with E-state index in [4.69, 9.17) is 0 Å². The average Bonchev–Trinajstić information content (AvgIpc) is 2.61. The van der Waals surface area contributed by atoms with Crippen LogP contribution in [0.25, 0.3) is 0 Å². The third-order valence-corrected chi connectivity index (χ3v) is 5.41. The first-order valence-corrected chi connectivity index (χ1v) is 10.3. The Morgan fingerprint density at radius 1 is 1.20 bits per heavy atom. The Balaban J connectivity index is 2.42. The molecule has 0 radical (unpaired) electrons. The molecule has 0 saturated heterocycles. The number of nitrogens with zero attached hydrogens (tertiary/aromatic N) is 2. The fraction of sp³-hybridized carbons (Fsp3) is 0.278. The van der Waals surface area contributed by atoms with Crippen LogP contribution >= 0.6 is 0 Å². The van der Waals surface area contributed by atoms with Gasteiger partial charge < -0.3 is 5.32 Å². The normalized spacial score (nSPS) is 12.9. The van der Waals surface area contributed by atoms with Crippen molar-refractivity contribution in [2.75, 3.05) is 15.9 Å². The smallest absolute Gasteiger partial charge is 0.324 e. The van der Waals surface area contributed by atoms with Crippen LogP contribution in [0.5, 0.6) is 0 Å². The number of rotatable bonds is 6. The second kappa shape index (κ2) is 8.30. The lowest BCUT2D eigenvalue weighted by Gasteiger charge is -2.29. The highest BCUT2D eigenvalue weighted by Gasteiger charge is 2.33. The fourth-order valence-electron chi connectivity index (χ4n) is 2.75. The van der Waals surface area contributed by atoms with Crippen LogP contribution in [-0.4, -0.2) is 31.5 Å². The van der Waals surface area contributed by atoms with Gasteiger partial charge in [0.15, 0.2) is 0 Å². The number of halogens is 3. The summed E-state index contributed by atoms with van der Waals surface area (Å²) < 4.78 is 64.0. The van der Waals surface area contributed by atoms with Gasteiger partial charge in [0.2, 0.25) is 15.9 Å². The molecule has 0 fully saturated rings. The van der Waals surface area contributed by atoms with E-state index >= 15 is 0 Å². The van der Waals surface area contributed by atoms with Gasteiger partial charge in [-0.25, -0.2) is 8.42 Å². The summed E-state index contributed by atoms with van der Waals surface area (Å²) in [6.07, 6.45) is -3.80. The largest absolute Gasteiger partial charge is 0.416 e. The predicted octanol–water partition coefficient (Wildman–Crippen LogP) is 3.72. The van der Waals surface area contributed by atoms with Crippen LogP contribution in [0.3, 0.4) is 0 Å². The Kier molecular flexibility index (Phi) is 6.40. The molecule has 0 aliphatic heterocycles. The number of nitro groups is 1. The lowest BCUT2D eigenvalue weighted by Crippen LogP contribution is -2.45. The summed E-state index contributed by atoms with van der Waals surface area (Å²) in [4.78, 5) is 23.0. The Bertz CT molecular complexity index is 1090. The highest BCUT2D eigenvalue weighted by molar-refractivity contribution is 7.92. The van der Waals surface area contributed by atoms with Crippen LogP contribution in [-0.2, 0) is 21.0 Å². The summed E-state index contributed by atoms with van der Waals surface area (Å²) in [6, 6.07) is 6.00. The van der Waals surface area contributed by atoms with Crippen LogP contribution in [0, 0.1) is 17.0 Å². The van der Waals surface area contributed by atoms with Gasteiger partial charge in [-0.3, -0.25) is 19.2 Å². The quantitative estimate of drug-likeness (QED) is 0.538. The molecule has 162 valence electrons. The van der Waals surface area contributed by atoms with Crippen molar-refractivity contribution in [3.05, 3.63) is 63.7 Å². The number of carbonyl (C=O) groups is 1. The summed E-state index contributed by atoms with van der Waals surface area (Å²) in [7, 11) is -4.08. The SMILES string of the molecule is Cc1ccc([N+](=O)[O-])cc1N([C@H](C)C(=O)Nc1cccc(C(F)(F)F)c1)S(C)(=O)=O. The second-order valence-electron chi connectivity index (χ2n) is 6.53. The standard InChI is InChI=1S/C18H18F3N3O5S/c1-11-7-8-15(24(26)27)10-16(11)23(30(3,28)29)12(2)17(25)22-14-6-4-5-13(9-14)18(19,20)21/h4-10,12H,1-3H3,(H,22,25)/t12-/m1/s1. The van der Waals surface area contributed by atoms with Crippen LogP contribution in [0.1, 0.15) is 18.1 Å². The molecule has 0 bridgehead atoms. The Labute approximate surface area is 170 Å². The van der Waals surface area contributed by atoms with E-state index in [0.29, 0.717) is 15.9 Å². The lowest BCUT2D eigenvalue weighted by molar-refractivity contribution is -0.384. The molecule has 2 aromatic rings. The monoisotopic (exact) mass is 445 g/mol. The van der Waals surface area contributed by atoms with Crippen molar-refractivity contribution >= 4 is 33.0 Å². The van der Waals surface area contributed by atoms with E-state index in [1.165, 1.54) is 32.0 Å². The summed E-state index contributed by atoms with van der Waals surface area (Å²) in [5, 5.41) is 13.3. The van der Waals surface area contributed by atoms with Crippen molar-refractivity contribution < 1.29 is 31.3 Å². The number of sulfonamides is 1. The summed E-state index contributed by atoms with van der Waals surface area (Å²) in [5.74, 6) is -0.911. The van der Waals surface area contributed by atoms with Crippen LogP contribution in [0.4, 0.5) is 30.2 Å². The molecule has 1 atom stereocenters. The highest BCUT2D eigenvalue weighted by atomic mass is 32.2. The van der Waals surface area contributed by atoms with Crippen LogP contribution in [0.15, 0.2) is 42.5 Å². The van der Waals surface area contributed by atoms with Crippen molar-refractivity contribution in [2.45, 2.75) is 26.1 Å². The zero-order valence-corrected chi connectivity index (χ0v) is 16.9. The minimum Gasteiger partial charge on any atom is -0.324 e. The molecule has 0 spiro atoms. The molecule has 0 aromatic heterocycles. The molecule has 2 rings (SSSR count).